The van der Waals surface area contributed by atoms with E-state index in [-0.39, 0.29) is 18.2 Å². The van der Waals surface area contributed by atoms with Crippen molar-refractivity contribution in [2.75, 3.05) is 25.5 Å². The number of carbonyl (C=O) groups excluding carboxylic acids is 2. The predicted octanol–water partition coefficient (Wildman–Crippen LogP) is -0.0315. The van der Waals surface area contributed by atoms with E-state index in [9.17, 15) is 14.7 Å². The van der Waals surface area contributed by atoms with Crippen LogP contribution >= 0.6 is 0 Å². The van der Waals surface area contributed by atoms with E-state index in [0.29, 0.717) is 12.0 Å². The molecule has 1 atom stereocenters. The minimum Gasteiger partial charge on any atom is -0.384 e. The number of carbonyl (C=O) groups is 2. The second kappa shape index (κ2) is 4.88. The lowest BCUT2D eigenvalue weighted by atomic mass is 10.0. The maximum Gasteiger partial charge on any atom is 0.231 e. The molecule has 5 heteroatoms. The predicted molar refractivity (Wildman–Crippen MR) is 67.8 cm³/mol. The van der Waals surface area contributed by atoms with Crippen molar-refractivity contribution in [1.29, 1.82) is 0 Å². The summed E-state index contributed by atoms with van der Waals surface area (Å²) in [5, 5.41) is 12.4. The van der Waals surface area contributed by atoms with E-state index < -0.39 is 6.10 Å². The number of amides is 1. The number of anilines is 1. The third-order valence-corrected chi connectivity index (χ3v) is 3.14. The Morgan fingerprint density at radius 2 is 2.28 bits per heavy atom. The SMILES string of the molecule is CNCC(O)C(=O)c1ccc2c(c1)CC(=O)N2C. The molecule has 5 nitrogen and oxygen atoms in total. The molecule has 1 unspecified atom stereocenters. The van der Waals surface area contributed by atoms with Gasteiger partial charge >= 0.3 is 0 Å². The fourth-order valence-corrected chi connectivity index (χ4v) is 2.10. The van der Waals surface area contributed by atoms with Crippen molar-refractivity contribution in [3.05, 3.63) is 29.3 Å². The van der Waals surface area contributed by atoms with Crippen LogP contribution in [0.5, 0.6) is 0 Å². The maximum absolute atomic E-state index is 11.9. The van der Waals surface area contributed by atoms with Crippen molar-refractivity contribution in [3.8, 4) is 0 Å². The summed E-state index contributed by atoms with van der Waals surface area (Å²) in [5.74, 6) is -0.306. The number of ketones is 1. The minimum absolute atomic E-state index is 0.0189. The van der Waals surface area contributed by atoms with Crippen LogP contribution in [0.3, 0.4) is 0 Å². The van der Waals surface area contributed by atoms with E-state index in [2.05, 4.69) is 5.32 Å². The molecule has 0 bridgehead atoms. The molecule has 0 aliphatic carbocycles. The molecular formula is C13H16N2O3. The first-order valence-electron chi connectivity index (χ1n) is 5.81. The number of aliphatic hydroxyl groups excluding tert-OH is 1. The molecule has 0 spiro atoms. The zero-order valence-corrected chi connectivity index (χ0v) is 10.4. The summed E-state index contributed by atoms with van der Waals surface area (Å²) >= 11 is 0. The van der Waals surface area contributed by atoms with E-state index in [1.807, 2.05) is 0 Å². The lowest BCUT2D eigenvalue weighted by Gasteiger charge is -2.12. The van der Waals surface area contributed by atoms with Crippen LogP contribution in [0.1, 0.15) is 15.9 Å². The Labute approximate surface area is 105 Å². The van der Waals surface area contributed by atoms with E-state index in [1.165, 1.54) is 0 Å². The Morgan fingerprint density at radius 3 is 2.94 bits per heavy atom. The highest BCUT2D eigenvalue weighted by atomic mass is 16.3. The second-order valence-electron chi connectivity index (χ2n) is 4.41. The summed E-state index contributed by atoms with van der Waals surface area (Å²) < 4.78 is 0. The quantitative estimate of drug-likeness (QED) is 0.734. The van der Waals surface area contributed by atoms with E-state index in [0.717, 1.165) is 11.3 Å². The molecule has 1 aromatic carbocycles. The third-order valence-electron chi connectivity index (χ3n) is 3.14. The Morgan fingerprint density at radius 1 is 1.56 bits per heavy atom. The molecule has 96 valence electrons. The van der Waals surface area contributed by atoms with Crippen LogP contribution in [-0.2, 0) is 11.2 Å². The number of benzene rings is 1. The highest BCUT2D eigenvalue weighted by Gasteiger charge is 2.25. The summed E-state index contributed by atoms with van der Waals surface area (Å²) in [4.78, 5) is 25.0. The van der Waals surface area contributed by atoms with Crippen molar-refractivity contribution in [1.82, 2.24) is 5.32 Å². The van der Waals surface area contributed by atoms with Crippen molar-refractivity contribution in [3.63, 3.8) is 0 Å². The first kappa shape index (κ1) is 12.7. The van der Waals surface area contributed by atoms with Crippen LogP contribution in [-0.4, -0.2) is 43.5 Å². The summed E-state index contributed by atoms with van der Waals surface area (Å²) in [7, 11) is 3.39. The van der Waals surface area contributed by atoms with Gasteiger partial charge in [0.05, 0.1) is 6.42 Å². The van der Waals surface area contributed by atoms with E-state index in [4.69, 9.17) is 0 Å². The molecule has 1 aliphatic rings. The zero-order chi connectivity index (χ0) is 13.3. The highest BCUT2D eigenvalue weighted by Crippen LogP contribution is 2.28. The fourth-order valence-electron chi connectivity index (χ4n) is 2.10. The number of aliphatic hydroxyl groups is 1. The maximum atomic E-state index is 11.9. The van der Waals surface area contributed by atoms with Gasteiger partial charge < -0.3 is 15.3 Å². The molecule has 0 saturated carbocycles. The van der Waals surface area contributed by atoms with Crippen LogP contribution in [0.15, 0.2) is 18.2 Å². The summed E-state index contributed by atoms with van der Waals surface area (Å²) in [6, 6.07) is 5.09. The second-order valence-corrected chi connectivity index (χ2v) is 4.41. The summed E-state index contributed by atoms with van der Waals surface area (Å²) in [5.41, 5.74) is 2.12. The Hall–Kier alpha value is -1.72. The molecule has 2 N–H and O–H groups in total. The number of likely N-dealkylation sites (N-methyl/N-ethyl adjacent to an activating group) is 2. The Bertz CT molecular complexity index is 499. The lowest BCUT2D eigenvalue weighted by Crippen LogP contribution is -2.31. The van der Waals surface area contributed by atoms with Gasteiger partial charge in [-0.15, -0.1) is 0 Å². The number of hydrogen-bond acceptors (Lipinski definition) is 4. The number of nitrogens with one attached hydrogen (secondary N) is 1. The average molecular weight is 248 g/mol. The third kappa shape index (κ3) is 2.14. The fraction of sp³-hybridized carbons (Fsp3) is 0.385. The molecule has 0 aromatic heterocycles. The molecule has 2 rings (SSSR count). The molecule has 0 radical (unpaired) electrons. The highest BCUT2D eigenvalue weighted by molar-refractivity contribution is 6.04. The number of rotatable bonds is 4. The first-order chi connectivity index (χ1) is 8.54. The van der Waals surface area contributed by atoms with E-state index in [1.54, 1.807) is 37.2 Å². The molecule has 18 heavy (non-hydrogen) atoms. The molecule has 1 heterocycles. The summed E-state index contributed by atoms with van der Waals surface area (Å²) in [6.45, 7) is 0.217. The number of Topliss-reactive ketones (excluding diaryl/α,β-unsaturated/α-hetero) is 1. The van der Waals surface area contributed by atoms with Gasteiger partial charge in [0.25, 0.3) is 0 Å². The van der Waals surface area contributed by atoms with Gasteiger partial charge in [-0.2, -0.15) is 0 Å². The van der Waals surface area contributed by atoms with Gasteiger partial charge in [-0.1, -0.05) is 0 Å². The van der Waals surface area contributed by atoms with Crippen LogP contribution < -0.4 is 10.2 Å². The van der Waals surface area contributed by atoms with Gasteiger partial charge in [0, 0.05) is 24.8 Å². The molecular weight excluding hydrogens is 232 g/mol. The summed E-state index contributed by atoms with van der Waals surface area (Å²) in [6.07, 6.45) is -0.738. The van der Waals surface area contributed by atoms with Crippen LogP contribution in [0.4, 0.5) is 5.69 Å². The normalized spacial score (nSPS) is 15.7. The van der Waals surface area contributed by atoms with Gasteiger partial charge in [0.2, 0.25) is 5.91 Å². The standard InChI is InChI=1S/C13H16N2O3/c1-14-7-11(16)13(18)8-3-4-10-9(5-8)6-12(17)15(10)2/h3-5,11,14,16H,6-7H2,1-2H3. The number of nitrogens with zero attached hydrogens (tertiary/aromatic N) is 1. The molecule has 1 aromatic rings. The van der Waals surface area contributed by atoms with Crippen LogP contribution in [0.25, 0.3) is 0 Å². The Balaban J connectivity index is 2.26. The zero-order valence-electron chi connectivity index (χ0n) is 10.4. The number of hydrogen-bond donors (Lipinski definition) is 2. The lowest BCUT2D eigenvalue weighted by molar-refractivity contribution is -0.117. The first-order valence-corrected chi connectivity index (χ1v) is 5.81. The molecule has 0 saturated heterocycles. The van der Waals surface area contributed by atoms with Gasteiger partial charge in [-0.3, -0.25) is 9.59 Å². The van der Waals surface area contributed by atoms with Crippen molar-refractivity contribution < 1.29 is 14.7 Å². The van der Waals surface area contributed by atoms with Crippen LogP contribution in [0, 0.1) is 0 Å². The monoisotopic (exact) mass is 248 g/mol. The van der Waals surface area contributed by atoms with Gasteiger partial charge in [-0.05, 0) is 30.8 Å². The van der Waals surface area contributed by atoms with Gasteiger partial charge in [-0.25, -0.2) is 0 Å². The number of fused-ring (bicyclic) bond motifs is 1. The smallest absolute Gasteiger partial charge is 0.231 e. The topological polar surface area (TPSA) is 69.6 Å². The molecule has 1 amide bonds. The largest absolute Gasteiger partial charge is 0.384 e. The van der Waals surface area contributed by atoms with Gasteiger partial charge in [0.15, 0.2) is 5.78 Å². The van der Waals surface area contributed by atoms with Crippen molar-refractivity contribution in [2.24, 2.45) is 0 Å². The molecule has 1 aliphatic heterocycles. The Kier molecular flexibility index (Phi) is 3.45. The van der Waals surface area contributed by atoms with Crippen molar-refractivity contribution in [2.45, 2.75) is 12.5 Å². The van der Waals surface area contributed by atoms with Crippen LogP contribution in [0.2, 0.25) is 0 Å². The minimum atomic E-state index is -1.05. The average Bonchev–Trinajstić information content (AvgIpc) is 2.64. The van der Waals surface area contributed by atoms with Gasteiger partial charge in [0.1, 0.15) is 6.10 Å². The van der Waals surface area contributed by atoms with Crippen molar-refractivity contribution >= 4 is 17.4 Å². The molecule has 0 fully saturated rings. The van der Waals surface area contributed by atoms with E-state index >= 15 is 0 Å².